The number of nitriles is 1. The maximum Gasteiger partial charge on any atom is 0.510 e. The predicted octanol–water partition coefficient (Wildman–Crippen LogP) is 1.35. The van der Waals surface area contributed by atoms with Gasteiger partial charge in [0.1, 0.15) is 0 Å². The van der Waals surface area contributed by atoms with Gasteiger partial charge in [-0.1, -0.05) is 29.3 Å². The molecule has 0 aliphatic heterocycles. The van der Waals surface area contributed by atoms with Gasteiger partial charge >= 0.3 is 7.05 Å². The van der Waals surface area contributed by atoms with E-state index in [0.29, 0.717) is 5.57 Å². The number of hydrogen-bond donors (Lipinski definition) is 1. The highest BCUT2D eigenvalue weighted by atomic mass is 16.3. The molecule has 5 heteroatoms. The van der Waals surface area contributed by atoms with Crippen molar-refractivity contribution in [1.82, 2.24) is 0 Å². The van der Waals surface area contributed by atoms with Crippen molar-refractivity contribution in [3.63, 3.8) is 0 Å². The minimum absolute atomic E-state index is 0.582. The zero-order chi connectivity index (χ0) is 10.1. The molecule has 0 rings (SSSR count). The molecular formula is C8H9BN2O2. The third-order valence-electron chi connectivity index (χ3n) is 1.14. The first kappa shape index (κ1) is 11.3. The Morgan fingerprint density at radius 3 is 2.77 bits per heavy atom. The molecule has 0 fully saturated rings. The Hall–Kier alpha value is -1.67. The lowest BCUT2D eigenvalue weighted by Gasteiger charge is -1.80. The van der Waals surface area contributed by atoms with Gasteiger partial charge in [-0.2, -0.15) is 10.2 Å². The van der Waals surface area contributed by atoms with Crippen LogP contribution < -0.4 is 0 Å². The number of allylic oxidation sites excluding steroid dienone is 5. The Kier molecular flexibility index (Phi) is 6.11. The van der Waals surface area contributed by atoms with Crippen LogP contribution in [0.3, 0.4) is 0 Å². The van der Waals surface area contributed by atoms with Crippen molar-refractivity contribution in [2.24, 2.45) is 5.09 Å². The standard InChI is InChI=1S/C8H9BN2O2/c1-8(7-10)5-3-2-4-6-9(12)11-13/h2-6,12H,1H3/b3-2-,6-4+,8-5+. The average Bonchev–Trinajstić information content (AvgIpc) is 2.16. The van der Waals surface area contributed by atoms with E-state index in [2.05, 4.69) is 5.09 Å². The molecule has 66 valence electrons. The van der Waals surface area contributed by atoms with Gasteiger partial charge in [0.25, 0.3) is 0 Å². The summed E-state index contributed by atoms with van der Waals surface area (Å²) in [6.45, 7) is 1.68. The lowest BCUT2D eigenvalue weighted by atomic mass is 9.86. The maximum absolute atomic E-state index is 9.69. The summed E-state index contributed by atoms with van der Waals surface area (Å²) >= 11 is 0. The number of nitrogens with zero attached hydrogens (tertiary/aromatic N) is 2. The fourth-order valence-corrected chi connectivity index (χ4v) is 0.500. The molecule has 0 aromatic heterocycles. The Morgan fingerprint density at radius 1 is 1.54 bits per heavy atom. The second-order valence-corrected chi connectivity index (χ2v) is 2.25. The molecule has 0 aromatic rings. The normalized spacial score (nSPS) is 11.9. The van der Waals surface area contributed by atoms with Crippen molar-refractivity contribution in [3.8, 4) is 6.07 Å². The first-order valence-electron chi connectivity index (χ1n) is 3.63. The van der Waals surface area contributed by atoms with Crippen LogP contribution >= 0.6 is 0 Å². The monoisotopic (exact) mass is 176 g/mol. The van der Waals surface area contributed by atoms with Crippen molar-refractivity contribution < 1.29 is 5.02 Å². The van der Waals surface area contributed by atoms with Gasteiger partial charge in [0.2, 0.25) is 0 Å². The summed E-state index contributed by atoms with van der Waals surface area (Å²) in [5, 5.41) is 19.4. The van der Waals surface area contributed by atoms with E-state index in [1.165, 1.54) is 12.1 Å². The van der Waals surface area contributed by atoms with E-state index < -0.39 is 7.05 Å². The number of hydrogen-bond acceptors (Lipinski definition) is 4. The van der Waals surface area contributed by atoms with E-state index in [0.717, 1.165) is 0 Å². The third kappa shape index (κ3) is 6.72. The minimum atomic E-state index is -1.30. The van der Waals surface area contributed by atoms with E-state index in [1.807, 2.05) is 6.07 Å². The summed E-state index contributed by atoms with van der Waals surface area (Å²) in [5.74, 6) is 1.24. The second-order valence-electron chi connectivity index (χ2n) is 2.25. The van der Waals surface area contributed by atoms with Gasteiger partial charge in [0.05, 0.1) is 6.07 Å². The molecule has 13 heavy (non-hydrogen) atoms. The van der Waals surface area contributed by atoms with Crippen LogP contribution in [0.25, 0.3) is 0 Å². The van der Waals surface area contributed by atoms with Gasteiger partial charge in [0, 0.05) is 5.57 Å². The van der Waals surface area contributed by atoms with Crippen LogP contribution in [-0.2, 0) is 0 Å². The molecule has 0 aliphatic rings. The van der Waals surface area contributed by atoms with Crippen LogP contribution in [0.1, 0.15) is 6.92 Å². The zero-order valence-electron chi connectivity index (χ0n) is 7.21. The fourth-order valence-electron chi connectivity index (χ4n) is 0.500. The van der Waals surface area contributed by atoms with E-state index in [1.54, 1.807) is 25.2 Å². The Labute approximate surface area is 77.0 Å². The van der Waals surface area contributed by atoms with Crippen molar-refractivity contribution >= 4 is 7.05 Å². The highest BCUT2D eigenvalue weighted by Gasteiger charge is 2.02. The van der Waals surface area contributed by atoms with Crippen LogP contribution in [-0.4, -0.2) is 12.1 Å². The van der Waals surface area contributed by atoms with E-state index >= 15 is 0 Å². The van der Waals surface area contributed by atoms with Crippen LogP contribution in [0.5, 0.6) is 0 Å². The van der Waals surface area contributed by atoms with Gasteiger partial charge in [-0.25, -0.2) is 0 Å². The third-order valence-corrected chi connectivity index (χ3v) is 1.14. The van der Waals surface area contributed by atoms with Gasteiger partial charge in [-0.3, -0.25) is 0 Å². The average molecular weight is 176 g/mol. The molecule has 0 saturated heterocycles. The van der Waals surface area contributed by atoms with Crippen LogP contribution in [0.2, 0.25) is 0 Å². The smallest absolute Gasteiger partial charge is 0.426 e. The molecular weight excluding hydrogens is 167 g/mol. The van der Waals surface area contributed by atoms with Crippen LogP contribution in [0.15, 0.2) is 40.9 Å². The Balaban J connectivity index is 3.97. The van der Waals surface area contributed by atoms with Crippen LogP contribution in [0, 0.1) is 16.2 Å². The minimum Gasteiger partial charge on any atom is -0.426 e. The molecule has 0 heterocycles. The predicted molar refractivity (Wildman–Crippen MR) is 51.4 cm³/mol. The summed E-state index contributed by atoms with van der Waals surface area (Å²) < 4.78 is 0. The largest absolute Gasteiger partial charge is 0.510 e. The van der Waals surface area contributed by atoms with E-state index in [4.69, 9.17) is 10.3 Å². The lowest BCUT2D eigenvalue weighted by Crippen LogP contribution is -2.01. The molecule has 0 aromatic carbocycles. The molecule has 0 spiro atoms. The Morgan fingerprint density at radius 2 is 2.23 bits per heavy atom. The molecule has 0 aliphatic carbocycles. The second kappa shape index (κ2) is 7.01. The van der Waals surface area contributed by atoms with Gasteiger partial charge < -0.3 is 5.02 Å². The highest BCUT2D eigenvalue weighted by molar-refractivity contribution is 6.54. The van der Waals surface area contributed by atoms with Gasteiger partial charge in [-0.15, -0.1) is 0 Å². The van der Waals surface area contributed by atoms with Gasteiger partial charge in [-0.05, 0) is 13.0 Å². The summed E-state index contributed by atoms with van der Waals surface area (Å²) in [5.41, 5.74) is 0.582. The van der Waals surface area contributed by atoms with E-state index in [9.17, 15) is 4.91 Å². The van der Waals surface area contributed by atoms with Crippen molar-refractivity contribution in [2.75, 3.05) is 0 Å². The van der Waals surface area contributed by atoms with Crippen molar-refractivity contribution in [1.29, 1.82) is 5.26 Å². The molecule has 0 unspecified atom stereocenters. The summed E-state index contributed by atoms with van der Waals surface area (Å²) in [6.07, 6.45) is 6.32. The number of nitroso groups, excluding NO2 is 1. The molecule has 0 radical (unpaired) electrons. The molecule has 0 amide bonds. The molecule has 0 atom stereocenters. The molecule has 0 saturated carbocycles. The maximum atomic E-state index is 9.69. The quantitative estimate of drug-likeness (QED) is 0.304. The van der Waals surface area contributed by atoms with Crippen molar-refractivity contribution in [3.05, 3.63) is 40.8 Å². The molecule has 0 bridgehead atoms. The first-order chi connectivity index (χ1) is 6.20. The highest BCUT2D eigenvalue weighted by Crippen LogP contribution is 1.90. The fraction of sp³-hybridized carbons (Fsp3) is 0.125. The zero-order valence-corrected chi connectivity index (χ0v) is 7.21. The molecule has 1 N–H and O–H groups in total. The molecule has 4 nitrogen and oxygen atoms in total. The number of rotatable bonds is 4. The lowest BCUT2D eigenvalue weighted by molar-refractivity contribution is 0.586. The van der Waals surface area contributed by atoms with Crippen molar-refractivity contribution in [2.45, 2.75) is 6.92 Å². The SMILES string of the molecule is C\C(C#N)=C/C=C\C=C\B(O)N=O. The van der Waals surface area contributed by atoms with Gasteiger partial charge in [0.15, 0.2) is 0 Å². The Bertz CT molecular complexity index is 289. The summed E-state index contributed by atoms with van der Waals surface area (Å²) in [6, 6.07) is 1.94. The summed E-state index contributed by atoms with van der Waals surface area (Å²) in [7, 11) is -1.30. The van der Waals surface area contributed by atoms with E-state index in [-0.39, 0.29) is 0 Å². The summed E-state index contributed by atoms with van der Waals surface area (Å²) in [4.78, 5) is 9.69. The van der Waals surface area contributed by atoms with Crippen LogP contribution in [0.4, 0.5) is 0 Å². The topological polar surface area (TPSA) is 73.4 Å². The first-order valence-corrected chi connectivity index (χ1v) is 3.63.